The molecule has 0 radical (unpaired) electrons. The molecular weight excluding hydrogens is 318 g/mol. The first-order valence-corrected chi connectivity index (χ1v) is 7.45. The van der Waals surface area contributed by atoms with Gasteiger partial charge in [0.15, 0.2) is 5.82 Å². The second-order valence-electron chi connectivity index (χ2n) is 5.38. The zero-order valence-corrected chi connectivity index (χ0v) is 13.0. The molecule has 1 aliphatic rings. The van der Waals surface area contributed by atoms with Crippen molar-refractivity contribution in [3.05, 3.63) is 36.0 Å². The Kier molecular flexibility index (Phi) is 4.50. The summed E-state index contributed by atoms with van der Waals surface area (Å²) in [5, 5.41) is 10.4. The predicted molar refractivity (Wildman–Crippen MR) is 83.9 cm³/mol. The number of nitrogens with one attached hydrogen (secondary N) is 1. The Hall–Kier alpha value is -2.84. The Balaban J connectivity index is 1.71. The number of piperazine rings is 1. The molecule has 2 heterocycles. The molecule has 7 nitrogen and oxygen atoms in total. The summed E-state index contributed by atoms with van der Waals surface area (Å²) in [5.74, 6) is -0.650. The lowest BCUT2D eigenvalue weighted by atomic mass is 10.3. The number of anilines is 3. The van der Waals surface area contributed by atoms with Crippen LogP contribution in [0.25, 0.3) is 0 Å². The van der Waals surface area contributed by atoms with Crippen LogP contribution in [0, 0.1) is 11.6 Å². The molecule has 126 valence electrons. The van der Waals surface area contributed by atoms with Gasteiger partial charge in [-0.1, -0.05) is 0 Å². The number of nitrogens with zero attached hydrogens (tertiary/aromatic N) is 5. The van der Waals surface area contributed by atoms with E-state index in [0.717, 1.165) is 12.1 Å². The number of halogens is 2. The summed E-state index contributed by atoms with van der Waals surface area (Å²) in [7, 11) is 0. The van der Waals surface area contributed by atoms with Crippen molar-refractivity contribution in [2.24, 2.45) is 0 Å². The van der Waals surface area contributed by atoms with E-state index in [1.807, 2.05) is 4.90 Å². The number of hydrogen-bond donors (Lipinski definition) is 1. The fraction of sp³-hybridized carbons (Fsp3) is 0.333. The van der Waals surface area contributed by atoms with Crippen molar-refractivity contribution >= 4 is 23.4 Å². The van der Waals surface area contributed by atoms with Crippen molar-refractivity contribution in [2.75, 3.05) is 36.4 Å². The number of hydrogen-bond acceptors (Lipinski definition) is 6. The van der Waals surface area contributed by atoms with E-state index < -0.39 is 11.6 Å². The molecule has 24 heavy (non-hydrogen) atoms. The fourth-order valence-corrected chi connectivity index (χ4v) is 2.46. The molecule has 0 aliphatic carbocycles. The third-order valence-electron chi connectivity index (χ3n) is 3.77. The van der Waals surface area contributed by atoms with E-state index in [1.54, 1.807) is 11.8 Å². The van der Waals surface area contributed by atoms with Gasteiger partial charge < -0.3 is 15.1 Å². The van der Waals surface area contributed by atoms with Crippen LogP contribution in [0.2, 0.25) is 0 Å². The van der Waals surface area contributed by atoms with Gasteiger partial charge in [-0.25, -0.2) is 8.78 Å². The van der Waals surface area contributed by atoms with Gasteiger partial charge in [0.2, 0.25) is 11.9 Å². The lowest BCUT2D eigenvalue weighted by molar-refractivity contribution is -0.129. The van der Waals surface area contributed by atoms with E-state index in [9.17, 15) is 13.6 Å². The van der Waals surface area contributed by atoms with Gasteiger partial charge in [0, 0.05) is 39.2 Å². The maximum atomic E-state index is 13.7. The Bertz CT molecular complexity index is 748. The summed E-state index contributed by atoms with van der Waals surface area (Å²) in [4.78, 5) is 19.4. The molecule has 0 atom stereocenters. The average Bonchev–Trinajstić information content (AvgIpc) is 2.58. The predicted octanol–water partition coefficient (Wildman–Crippen LogP) is 1.56. The van der Waals surface area contributed by atoms with Gasteiger partial charge in [0.1, 0.15) is 11.6 Å². The van der Waals surface area contributed by atoms with Crippen LogP contribution in [0.4, 0.5) is 26.2 Å². The van der Waals surface area contributed by atoms with Crippen molar-refractivity contribution < 1.29 is 13.6 Å². The molecular formula is C15H16F2N6O. The number of benzene rings is 1. The molecule has 2 aromatic rings. The van der Waals surface area contributed by atoms with Crippen LogP contribution in [0.15, 0.2) is 24.4 Å². The second-order valence-corrected chi connectivity index (χ2v) is 5.38. The lowest BCUT2D eigenvalue weighted by Gasteiger charge is -2.34. The Labute approximate surface area is 137 Å². The Morgan fingerprint density at radius 1 is 1.21 bits per heavy atom. The van der Waals surface area contributed by atoms with E-state index >= 15 is 0 Å². The van der Waals surface area contributed by atoms with Crippen LogP contribution in [0.3, 0.4) is 0 Å². The fourth-order valence-electron chi connectivity index (χ4n) is 2.46. The first-order valence-electron chi connectivity index (χ1n) is 7.45. The Morgan fingerprint density at radius 3 is 2.62 bits per heavy atom. The van der Waals surface area contributed by atoms with Gasteiger partial charge in [0.05, 0.1) is 11.9 Å². The zero-order chi connectivity index (χ0) is 17.1. The van der Waals surface area contributed by atoms with Crippen LogP contribution in [-0.4, -0.2) is 52.2 Å². The third-order valence-corrected chi connectivity index (χ3v) is 3.77. The van der Waals surface area contributed by atoms with E-state index in [2.05, 4.69) is 20.5 Å². The van der Waals surface area contributed by atoms with Crippen molar-refractivity contribution in [3.63, 3.8) is 0 Å². The maximum Gasteiger partial charge on any atom is 0.249 e. The SMILES string of the molecule is CC(=O)N1CCN(c2cnnc(Nc3ccc(F)cc3F)n2)CC1. The van der Waals surface area contributed by atoms with E-state index in [0.29, 0.717) is 32.0 Å². The van der Waals surface area contributed by atoms with Crippen LogP contribution in [0.1, 0.15) is 6.92 Å². The van der Waals surface area contributed by atoms with Crippen molar-refractivity contribution in [1.82, 2.24) is 20.1 Å². The van der Waals surface area contributed by atoms with Gasteiger partial charge in [0.25, 0.3) is 0 Å². The Morgan fingerprint density at radius 2 is 1.96 bits per heavy atom. The minimum absolute atomic E-state index is 0.0459. The van der Waals surface area contributed by atoms with Crippen LogP contribution < -0.4 is 10.2 Å². The smallest absolute Gasteiger partial charge is 0.249 e. The highest BCUT2D eigenvalue weighted by Crippen LogP contribution is 2.20. The van der Waals surface area contributed by atoms with Crippen LogP contribution >= 0.6 is 0 Å². The largest absolute Gasteiger partial charge is 0.352 e. The van der Waals surface area contributed by atoms with Gasteiger partial charge in [-0.15, -0.1) is 5.10 Å². The standard InChI is InChI=1S/C15H16F2N6O/c1-10(24)22-4-6-23(7-5-22)14-9-18-21-15(20-14)19-13-3-2-11(16)8-12(13)17/h2-3,8-9H,4-7H2,1H3,(H,19,20,21). The molecule has 0 bridgehead atoms. The second kappa shape index (κ2) is 6.73. The van der Waals surface area contributed by atoms with E-state index in [4.69, 9.17) is 0 Å². The van der Waals surface area contributed by atoms with Crippen LogP contribution in [0.5, 0.6) is 0 Å². The first kappa shape index (κ1) is 16.0. The number of rotatable bonds is 3. The van der Waals surface area contributed by atoms with Gasteiger partial charge in [-0.3, -0.25) is 4.79 Å². The monoisotopic (exact) mass is 334 g/mol. The molecule has 9 heteroatoms. The first-order chi connectivity index (χ1) is 11.5. The van der Waals surface area contributed by atoms with Gasteiger partial charge in [-0.05, 0) is 12.1 Å². The number of aromatic nitrogens is 3. The number of amides is 1. The summed E-state index contributed by atoms with van der Waals surface area (Å²) in [6.07, 6.45) is 1.51. The summed E-state index contributed by atoms with van der Waals surface area (Å²) < 4.78 is 26.6. The minimum Gasteiger partial charge on any atom is -0.352 e. The van der Waals surface area contributed by atoms with Gasteiger partial charge in [-0.2, -0.15) is 10.1 Å². The van der Waals surface area contributed by atoms with Crippen molar-refractivity contribution in [2.45, 2.75) is 6.92 Å². The zero-order valence-electron chi connectivity index (χ0n) is 13.0. The molecule has 1 saturated heterocycles. The topological polar surface area (TPSA) is 74.2 Å². The normalized spacial score (nSPS) is 14.6. The molecule has 1 aliphatic heterocycles. The van der Waals surface area contributed by atoms with E-state index in [1.165, 1.54) is 12.3 Å². The maximum absolute atomic E-state index is 13.7. The number of carbonyl (C=O) groups is 1. The summed E-state index contributed by atoms with van der Waals surface area (Å²) in [6, 6.07) is 3.19. The summed E-state index contributed by atoms with van der Waals surface area (Å²) >= 11 is 0. The van der Waals surface area contributed by atoms with Crippen LogP contribution in [-0.2, 0) is 4.79 Å². The van der Waals surface area contributed by atoms with Gasteiger partial charge >= 0.3 is 0 Å². The molecule has 0 unspecified atom stereocenters. The molecule has 1 N–H and O–H groups in total. The lowest BCUT2D eigenvalue weighted by Crippen LogP contribution is -2.48. The highest BCUT2D eigenvalue weighted by atomic mass is 19.1. The minimum atomic E-state index is -0.737. The molecule has 1 aromatic carbocycles. The summed E-state index contributed by atoms with van der Waals surface area (Å²) in [5.41, 5.74) is 0.0664. The third kappa shape index (κ3) is 3.55. The van der Waals surface area contributed by atoms with E-state index in [-0.39, 0.29) is 17.5 Å². The highest BCUT2D eigenvalue weighted by Gasteiger charge is 2.20. The molecule has 0 saturated carbocycles. The molecule has 1 aromatic heterocycles. The molecule has 1 fully saturated rings. The van der Waals surface area contributed by atoms with Crippen molar-refractivity contribution in [1.29, 1.82) is 0 Å². The number of carbonyl (C=O) groups excluding carboxylic acids is 1. The molecule has 3 rings (SSSR count). The quantitative estimate of drug-likeness (QED) is 0.918. The summed E-state index contributed by atoms with van der Waals surface area (Å²) in [6.45, 7) is 4.01. The highest BCUT2D eigenvalue weighted by molar-refractivity contribution is 5.73. The molecule has 1 amide bonds. The molecule has 0 spiro atoms. The van der Waals surface area contributed by atoms with Crippen molar-refractivity contribution in [3.8, 4) is 0 Å². The average molecular weight is 334 g/mol.